The summed E-state index contributed by atoms with van der Waals surface area (Å²) < 4.78 is 18.4. The first-order valence-electron chi connectivity index (χ1n) is 5.06. The minimum Gasteiger partial charge on any atom is -0.504 e. The molecular weight excluding hydrogens is 227 g/mol. The van der Waals surface area contributed by atoms with Gasteiger partial charge in [-0.05, 0) is 31.9 Å². The van der Waals surface area contributed by atoms with E-state index in [1.807, 2.05) is 0 Å². The molecule has 0 unspecified atom stereocenters. The highest BCUT2D eigenvalue weighted by molar-refractivity contribution is 5.74. The van der Waals surface area contributed by atoms with Gasteiger partial charge in [-0.3, -0.25) is 4.79 Å². The standard InChI is InChI=1S/C12H15FO4/c1-12(2,11(15)16)6-7-4-10(17-3)9(14)5-8(7)13/h4-5,14H,6H2,1-3H3,(H,15,16). The second-order valence-corrected chi connectivity index (χ2v) is 4.48. The topological polar surface area (TPSA) is 66.8 Å². The maximum absolute atomic E-state index is 13.6. The Morgan fingerprint density at radius 1 is 1.47 bits per heavy atom. The van der Waals surface area contributed by atoms with Crippen LogP contribution in [0.1, 0.15) is 19.4 Å². The molecule has 0 heterocycles. The second-order valence-electron chi connectivity index (χ2n) is 4.48. The highest BCUT2D eigenvalue weighted by Gasteiger charge is 2.29. The summed E-state index contributed by atoms with van der Waals surface area (Å²) in [6.45, 7) is 3.02. The van der Waals surface area contributed by atoms with Gasteiger partial charge in [-0.15, -0.1) is 0 Å². The lowest BCUT2D eigenvalue weighted by atomic mass is 9.85. The lowest BCUT2D eigenvalue weighted by Gasteiger charge is -2.19. The van der Waals surface area contributed by atoms with Gasteiger partial charge in [0.05, 0.1) is 12.5 Å². The quantitative estimate of drug-likeness (QED) is 0.849. The van der Waals surface area contributed by atoms with Crippen LogP contribution in [-0.2, 0) is 11.2 Å². The number of hydrogen-bond acceptors (Lipinski definition) is 3. The molecule has 1 rings (SSSR count). The summed E-state index contributed by atoms with van der Waals surface area (Å²) in [5, 5.41) is 18.3. The van der Waals surface area contributed by atoms with E-state index in [1.54, 1.807) is 0 Å². The van der Waals surface area contributed by atoms with Gasteiger partial charge in [0.15, 0.2) is 11.5 Å². The number of carbonyl (C=O) groups is 1. The summed E-state index contributed by atoms with van der Waals surface area (Å²) >= 11 is 0. The molecule has 0 saturated heterocycles. The first-order chi connectivity index (χ1) is 7.77. The molecule has 0 saturated carbocycles. The fraction of sp³-hybridized carbons (Fsp3) is 0.417. The number of phenols is 1. The van der Waals surface area contributed by atoms with E-state index < -0.39 is 17.2 Å². The molecule has 0 aliphatic carbocycles. The summed E-state index contributed by atoms with van der Waals surface area (Å²) in [5.41, 5.74) is -0.880. The average molecular weight is 242 g/mol. The number of methoxy groups -OCH3 is 1. The third kappa shape index (κ3) is 2.87. The molecule has 0 spiro atoms. The summed E-state index contributed by atoms with van der Waals surface area (Å²) in [4.78, 5) is 11.0. The predicted molar refractivity (Wildman–Crippen MR) is 59.7 cm³/mol. The highest BCUT2D eigenvalue weighted by atomic mass is 19.1. The number of rotatable bonds is 4. The molecule has 0 amide bonds. The van der Waals surface area contributed by atoms with Gasteiger partial charge >= 0.3 is 5.97 Å². The smallest absolute Gasteiger partial charge is 0.309 e. The van der Waals surface area contributed by atoms with Crippen molar-refractivity contribution in [2.45, 2.75) is 20.3 Å². The maximum Gasteiger partial charge on any atom is 0.309 e. The minimum atomic E-state index is -1.08. The Morgan fingerprint density at radius 2 is 2.06 bits per heavy atom. The maximum atomic E-state index is 13.6. The molecule has 0 aromatic heterocycles. The van der Waals surface area contributed by atoms with Crippen molar-refractivity contribution in [1.82, 2.24) is 0 Å². The summed E-state index contributed by atoms with van der Waals surface area (Å²) in [6, 6.07) is 2.24. The van der Waals surface area contributed by atoms with Crippen molar-refractivity contribution in [1.29, 1.82) is 0 Å². The van der Waals surface area contributed by atoms with E-state index in [0.717, 1.165) is 6.07 Å². The Morgan fingerprint density at radius 3 is 2.53 bits per heavy atom. The van der Waals surface area contributed by atoms with Crippen LogP contribution in [0.25, 0.3) is 0 Å². The van der Waals surface area contributed by atoms with Crippen molar-refractivity contribution < 1.29 is 24.1 Å². The van der Waals surface area contributed by atoms with Crippen LogP contribution >= 0.6 is 0 Å². The van der Waals surface area contributed by atoms with Crippen LogP contribution in [0.15, 0.2) is 12.1 Å². The summed E-state index contributed by atoms with van der Waals surface area (Å²) in [7, 11) is 1.35. The van der Waals surface area contributed by atoms with E-state index >= 15 is 0 Å². The number of benzene rings is 1. The van der Waals surface area contributed by atoms with Crippen LogP contribution in [0.5, 0.6) is 11.5 Å². The Kier molecular flexibility index (Phi) is 3.60. The Balaban J connectivity index is 3.11. The number of aliphatic carboxylic acids is 1. The number of carboxylic acids is 1. The first kappa shape index (κ1) is 13.3. The number of carboxylic acid groups (broad SMARTS) is 1. The Hall–Kier alpha value is -1.78. The zero-order valence-electron chi connectivity index (χ0n) is 9.95. The first-order valence-corrected chi connectivity index (χ1v) is 5.06. The average Bonchev–Trinajstić information content (AvgIpc) is 2.21. The van der Waals surface area contributed by atoms with Crippen LogP contribution in [0.4, 0.5) is 4.39 Å². The van der Waals surface area contributed by atoms with Crippen molar-refractivity contribution in [2.75, 3.05) is 7.11 Å². The lowest BCUT2D eigenvalue weighted by molar-refractivity contribution is -0.146. The molecule has 0 aliphatic heterocycles. The molecule has 0 atom stereocenters. The van der Waals surface area contributed by atoms with Gasteiger partial charge in [0.2, 0.25) is 0 Å². The number of ether oxygens (including phenoxy) is 1. The predicted octanol–water partition coefficient (Wildman–Crippen LogP) is 2.19. The number of hydrogen-bond donors (Lipinski definition) is 2. The third-order valence-electron chi connectivity index (χ3n) is 2.56. The molecule has 1 aromatic rings. The molecule has 0 aliphatic rings. The zero-order valence-corrected chi connectivity index (χ0v) is 9.95. The normalized spacial score (nSPS) is 11.3. The third-order valence-corrected chi connectivity index (χ3v) is 2.56. The fourth-order valence-electron chi connectivity index (χ4n) is 1.44. The van der Waals surface area contributed by atoms with Gasteiger partial charge in [-0.1, -0.05) is 0 Å². The van der Waals surface area contributed by atoms with Crippen LogP contribution in [-0.4, -0.2) is 23.3 Å². The van der Waals surface area contributed by atoms with Crippen LogP contribution in [0, 0.1) is 11.2 Å². The fourth-order valence-corrected chi connectivity index (χ4v) is 1.44. The molecule has 0 bridgehead atoms. The molecular formula is C12H15FO4. The van der Waals surface area contributed by atoms with Gasteiger partial charge in [0.1, 0.15) is 5.82 Å². The van der Waals surface area contributed by atoms with Crippen molar-refractivity contribution in [3.05, 3.63) is 23.5 Å². The SMILES string of the molecule is COc1cc(CC(C)(C)C(=O)O)c(F)cc1O. The van der Waals surface area contributed by atoms with E-state index in [-0.39, 0.29) is 23.5 Å². The Bertz CT molecular complexity index is 440. The van der Waals surface area contributed by atoms with Gasteiger partial charge in [0.25, 0.3) is 0 Å². The number of halogens is 1. The molecule has 17 heavy (non-hydrogen) atoms. The second kappa shape index (κ2) is 4.61. The molecule has 2 N–H and O–H groups in total. The largest absolute Gasteiger partial charge is 0.504 e. The Labute approximate surface area is 98.7 Å². The van der Waals surface area contributed by atoms with Crippen molar-refractivity contribution in [3.8, 4) is 11.5 Å². The van der Waals surface area contributed by atoms with E-state index in [2.05, 4.69) is 0 Å². The van der Waals surface area contributed by atoms with Gasteiger partial charge < -0.3 is 14.9 Å². The number of phenolic OH excluding ortho intramolecular Hbond substituents is 1. The van der Waals surface area contributed by atoms with Crippen LogP contribution in [0.2, 0.25) is 0 Å². The van der Waals surface area contributed by atoms with Gasteiger partial charge in [-0.2, -0.15) is 0 Å². The van der Waals surface area contributed by atoms with E-state index in [0.29, 0.717) is 0 Å². The lowest BCUT2D eigenvalue weighted by Crippen LogP contribution is -2.26. The minimum absolute atomic E-state index is 0.0187. The van der Waals surface area contributed by atoms with Crippen molar-refractivity contribution in [3.63, 3.8) is 0 Å². The van der Waals surface area contributed by atoms with Crippen LogP contribution in [0.3, 0.4) is 0 Å². The van der Waals surface area contributed by atoms with Gasteiger partial charge in [-0.25, -0.2) is 4.39 Å². The van der Waals surface area contributed by atoms with Crippen molar-refractivity contribution in [2.24, 2.45) is 5.41 Å². The molecule has 1 aromatic carbocycles. The van der Waals surface area contributed by atoms with E-state index in [4.69, 9.17) is 9.84 Å². The molecule has 94 valence electrons. The zero-order chi connectivity index (χ0) is 13.2. The van der Waals surface area contributed by atoms with Crippen LogP contribution < -0.4 is 4.74 Å². The van der Waals surface area contributed by atoms with Gasteiger partial charge in [0, 0.05) is 6.07 Å². The van der Waals surface area contributed by atoms with E-state index in [1.165, 1.54) is 27.0 Å². The molecule has 0 radical (unpaired) electrons. The molecule has 5 heteroatoms. The molecule has 4 nitrogen and oxygen atoms in total. The summed E-state index contributed by atoms with van der Waals surface area (Å²) in [5.74, 6) is -1.83. The molecule has 0 fully saturated rings. The van der Waals surface area contributed by atoms with Crippen molar-refractivity contribution >= 4 is 5.97 Å². The monoisotopic (exact) mass is 242 g/mol. The van der Waals surface area contributed by atoms with E-state index in [9.17, 15) is 14.3 Å². The highest BCUT2D eigenvalue weighted by Crippen LogP contribution is 2.32. The summed E-state index contributed by atoms with van der Waals surface area (Å²) in [6.07, 6.45) is 0.0187. The number of aromatic hydroxyl groups is 1.